The van der Waals surface area contributed by atoms with Gasteiger partial charge in [0.05, 0.1) is 32.0 Å². The molecule has 1 aromatic rings. The second-order valence-electron chi connectivity index (χ2n) is 13.2. The molecule has 200 valence electrons. The molecule has 1 heterocycles. The quantitative estimate of drug-likeness (QED) is 0.310. The van der Waals surface area contributed by atoms with Crippen molar-refractivity contribution in [3.63, 3.8) is 0 Å². The van der Waals surface area contributed by atoms with Crippen molar-refractivity contribution in [3.8, 4) is 11.8 Å². The van der Waals surface area contributed by atoms with E-state index in [-0.39, 0.29) is 16.7 Å². The molecule has 37 heavy (non-hydrogen) atoms. The zero-order valence-electron chi connectivity index (χ0n) is 23.0. The number of allylic oxidation sites excluding steroid dienone is 1. The van der Waals surface area contributed by atoms with Gasteiger partial charge in [0.1, 0.15) is 5.60 Å². The molecule has 2 unspecified atom stereocenters. The predicted octanol–water partition coefficient (Wildman–Crippen LogP) is 3.42. The molecular weight excluding hydrogens is 462 g/mol. The van der Waals surface area contributed by atoms with Gasteiger partial charge in [-0.15, -0.1) is 0 Å². The van der Waals surface area contributed by atoms with Gasteiger partial charge in [0, 0.05) is 22.3 Å². The first-order chi connectivity index (χ1) is 17.5. The van der Waals surface area contributed by atoms with Gasteiger partial charge in [-0.25, -0.2) is 0 Å². The number of hydrogen-bond donors (Lipinski definition) is 3. The zero-order chi connectivity index (χ0) is 26.5. The highest BCUT2D eigenvalue weighted by Crippen LogP contribution is 2.66. The molecule has 5 nitrogen and oxygen atoms in total. The zero-order valence-corrected chi connectivity index (χ0v) is 23.0. The molecule has 4 N–H and O–H groups in total. The Hall–Kier alpha value is -1.97. The highest BCUT2D eigenvalue weighted by molar-refractivity contribution is 5.73. The van der Waals surface area contributed by atoms with Gasteiger partial charge in [-0.1, -0.05) is 44.4 Å². The largest absolute Gasteiger partial charge is 0.390 e. The maximum atomic E-state index is 12.1. The predicted molar refractivity (Wildman–Crippen MR) is 145 cm³/mol. The fourth-order valence-corrected chi connectivity index (χ4v) is 7.89. The summed E-state index contributed by atoms with van der Waals surface area (Å²) >= 11 is 0. The third-order valence-electron chi connectivity index (χ3n) is 10.1. The average Bonchev–Trinajstić information content (AvgIpc) is 3.09. The third kappa shape index (κ3) is 4.72. The van der Waals surface area contributed by atoms with Crippen LogP contribution in [-0.4, -0.2) is 54.1 Å². The Balaban J connectivity index is 1.61. The topological polar surface area (TPSA) is 84.5 Å². The third-order valence-corrected chi connectivity index (χ3v) is 10.1. The SMILES string of the molecule is CC1(C)COCCC2=C3C(CC[C@@]2(O)COC1)C1CC[C@](C)(O)[C@@]1(C)C[C@@H]3c1ccc(C#CC=[NH2+])cc1. The monoisotopic (exact) mass is 506 g/mol. The Morgan fingerprint density at radius 1 is 0.973 bits per heavy atom. The average molecular weight is 507 g/mol. The van der Waals surface area contributed by atoms with Crippen LogP contribution >= 0.6 is 0 Å². The van der Waals surface area contributed by atoms with Crippen LogP contribution in [0.15, 0.2) is 35.4 Å². The van der Waals surface area contributed by atoms with E-state index in [0.29, 0.717) is 51.1 Å². The van der Waals surface area contributed by atoms with Crippen molar-refractivity contribution in [1.82, 2.24) is 0 Å². The lowest BCUT2D eigenvalue weighted by molar-refractivity contribution is -0.103. The number of rotatable bonds is 1. The van der Waals surface area contributed by atoms with Crippen LogP contribution in [0.25, 0.3) is 0 Å². The van der Waals surface area contributed by atoms with Gasteiger partial charge in [0.15, 0.2) is 0 Å². The highest BCUT2D eigenvalue weighted by atomic mass is 16.5. The second kappa shape index (κ2) is 9.65. The molecule has 3 aliphatic carbocycles. The van der Waals surface area contributed by atoms with Gasteiger partial charge in [-0.2, -0.15) is 0 Å². The lowest BCUT2D eigenvalue weighted by atomic mass is 9.51. The van der Waals surface area contributed by atoms with E-state index >= 15 is 0 Å². The van der Waals surface area contributed by atoms with Crippen LogP contribution in [0.3, 0.4) is 0 Å². The molecule has 5 rings (SSSR count). The van der Waals surface area contributed by atoms with Gasteiger partial charge in [-0.3, -0.25) is 5.41 Å². The molecule has 0 aromatic heterocycles. The number of nitrogens with two attached hydrogens (primary N) is 1. The Kier molecular flexibility index (Phi) is 6.94. The Bertz CT molecular complexity index is 1120. The molecule has 4 aliphatic rings. The van der Waals surface area contributed by atoms with Crippen LogP contribution in [0.4, 0.5) is 0 Å². The van der Waals surface area contributed by atoms with Crippen molar-refractivity contribution in [2.24, 2.45) is 22.7 Å². The first-order valence-electron chi connectivity index (χ1n) is 14.0. The summed E-state index contributed by atoms with van der Waals surface area (Å²) in [5.41, 5.74) is 2.74. The molecule has 1 aliphatic heterocycles. The number of fused-ring (bicyclic) bond motifs is 4. The van der Waals surface area contributed by atoms with E-state index in [1.165, 1.54) is 17.4 Å². The van der Waals surface area contributed by atoms with Crippen LogP contribution in [-0.2, 0) is 9.47 Å². The summed E-state index contributed by atoms with van der Waals surface area (Å²) in [4.78, 5) is 0. The molecule has 2 saturated carbocycles. The number of ether oxygens (including phenoxy) is 2. The van der Waals surface area contributed by atoms with Crippen LogP contribution in [0.2, 0.25) is 0 Å². The van der Waals surface area contributed by atoms with E-state index in [1.54, 1.807) is 0 Å². The first-order valence-corrected chi connectivity index (χ1v) is 14.0. The fraction of sp³-hybridized carbons (Fsp3) is 0.656. The second-order valence-corrected chi connectivity index (χ2v) is 13.2. The molecule has 5 heteroatoms. The van der Waals surface area contributed by atoms with E-state index in [2.05, 4.69) is 56.9 Å². The fourth-order valence-electron chi connectivity index (χ4n) is 7.89. The normalized spacial score (nSPS) is 39.5. The molecular formula is C32H44NO4+. The maximum absolute atomic E-state index is 12.1. The summed E-state index contributed by atoms with van der Waals surface area (Å²) in [6.07, 6.45) is 6.43. The summed E-state index contributed by atoms with van der Waals surface area (Å²) in [7, 11) is 0. The molecule has 0 bridgehead atoms. The summed E-state index contributed by atoms with van der Waals surface area (Å²) in [6.45, 7) is 10.8. The number of aliphatic hydroxyl groups is 2. The molecule has 1 saturated heterocycles. The molecule has 6 atom stereocenters. The summed E-state index contributed by atoms with van der Waals surface area (Å²) in [5, 5.41) is 29.2. The van der Waals surface area contributed by atoms with E-state index in [1.807, 2.05) is 6.92 Å². The van der Waals surface area contributed by atoms with Crippen LogP contribution in [0.1, 0.15) is 83.3 Å². The minimum absolute atomic E-state index is 0.0743. The van der Waals surface area contributed by atoms with Crippen molar-refractivity contribution >= 4 is 6.21 Å². The standard InChI is InChI=1S/C32H43NO4/c1-29(2)19-36-17-13-27-28-24(11-15-32(27,35)21-37-20-29)26-12-14-31(4,34)30(26,3)18-25(28)23-9-7-22(8-10-23)6-5-16-33/h7-10,16,24-26,33-35H,11-15,17-21H2,1-4H3/p+1/t24?,25-,26?,30+,31+,32-/m1/s1. The Labute approximate surface area is 222 Å². The number of hydrogen-bond acceptors (Lipinski definition) is 4. The van der Waals surface area contributed by atoms with Crippen LogP contribution in [0.5, 0.6) is 0 Å². The summed E-state index contributed by atoms with van der Waals surface area (Å²) in [6, 6.07) is 8.47. The van der Waals surface area contributed by atoms with Crippen molar-refractivity contribution in [2.45, 2.75) is 83.3 Å². The van der Waals surface area contributed by atoms with Gasteiger partial charge in [0.25, 0.3) is 0 Å². The lowest BCUT2D eigenvalue weighted by Crippen LogP contribution is -2.53. The van der Waals surface area contributed by atoms with Crippen molar-refractivity contribution in [1.29, 1.82) is 0 Å². The molecule has 1 aromatic carbocycles. The Morgan fingerprint density at radius 3 is 2.43 bits per heavy atom. The van der Waals surface area contributed by atoms with Crippen LogP contribution < -0.4 is 5.41 Å². The van der Waals surface area contributed by atoms with Crippen molar-refractivity contribution in [2.75, 3.05) is 26.4 Å². The van der Waals surface area contributed by atoms with E-state index in [9.17, 15) is 10.2 Å². The van der Waals surface area contributed by atoms with Gasteiger partial charge in [-0.05, 0) is 86.5 Å². The summed E-state index contributed by atoms with van der Waals surface area (Å²) < 4.78 is 12.3. The van der Waals surface area contributed by atoms with Gasteiger partial charge >= 0.3 is 0 Å². The van der Waals surface area contributed by atoms with E-state index < -0.39 is 11.2 Å². The molecule has 0 amide bonds. The Morgan fingerprint density at radius 2 is 1.70 bits per heavy atom. The smallest absolute Gasteiger partial charge is 0.211 e. The molecule has 0 radical (unpaired) electrons. The highest BCUT2D eigenvalue weighted by Gasteiger charge is 2.62. The maximum Gasteiger partial charge on any atom is 0.211 e. The minimum atomic E-state index is -0.974. The molecule has 3 fully saturated rings. The van der Waals surface area contributed by atoms with Crippen LogP contribution in [0, 0.1) is 34.5 Å². The van der Waals surface area contributed by atoms with Gasteiger partial charge < -0.3 is 19.7 Å². The minimum Gasteiger partial charge on any atom is -0.390 e. The van der Waals surface area contributed by atoms with Gasteiger partial charge in [0.2, 0.25) is 6.21 Å². The molecule has 0 spiro atoms. The lowest BCUT2D eigenvalue weighted by Gasteiger charge is -2.55. The first kappa shape index (κ1) is 26.6. The number of benzene rings is 1. The van der Waals surface area contributed by atoms with Crippen molar-refractivity contribution in [3.05, 3.63) is 46.5 Å². The van der Waals surface area contributed by atoms with E-state index in [4.69, 9.17) is 14.9 Å². The van der Waals surface area contributed by atoms with Crippen molar-refractivity contribution < 1.29 is 25.1 Å². The van der Waals surface area contributed by atoms with E-state index in [0.717, 1.165) is 36.8 Å². The summed E-state index contributed by atoms with van der Waals surface area (Å²) in [5.74, 6) is 6.78.